The van der Waals surface area contributed by atoms with Crippen LogP contribution in [-0.4, -0.2) is 30.3 Å². The van der Waals surface area contributed by atoms with Crippen LogP contribution in [0.2, 0.25) is 0 Å². The summed E-state index contributed by atoms with van der Waals surface area (Å²) in [6.45, 7) is 0.382. The molecule has 47 heavy (non-hydrogen) atoms. The summed E-state index contributed by atoms with van der Waals surface area (Å²) < 4.78 is 0. The second-order valence-corrected chi connectivity index (χ2v) is 11.6. The van der Waals surface area contributed by atoms with E-state index in [2.05, 4.69) is 16.0 Å². The van der Waals surface area contributed by atoms with Gasteiger partial charge in [-0.25, -0.2) is 0 Å². The van der Waals surface area contributed by atoms with E-state index in [9.17, 15) is 14.4 Å². The van der Waals surface area contributed by atoms with Crippen LogP contribution in [-0.2, 0) is 32.8 Å². The summed E-state index contributed by atoms with van der Waals surface area (Å²) in [5, 5.41) is 9.14. The predicted octanol–water partition coefficient (Wildman–Crippen LogP) is 6.35. The molecule has 0 aliphatic heterocycles. The molecule has 0 spiro atoms. The Bertz CT molecular complexity index is 1600. The molecule has 238 valence electrons. The van der Waals surface area contributed by atoms with Crippen molar-refractivity contribution in [2.75, 3.05) is 6.54 Å². The Balaban J connectivity index is 1.37. The molecule has 5 aromatic rings. The molecule has 0 heterocycles. The highest BCUT2D eigenvalue weighted by molar-refractivity contribution is 5.92. The van der Waals surface area contributed by atoms with E-state index in [1.54, 1.807) is 0 Å². The van der Waals surface area contributed by atoms with E-state index in [-0.39, 0.29) is 24.7 Å². The molecule has 6 nitrogen and oxygen atoms in total. The molecule has 5 aromatic carbocycles. The number of carbonyl (C=O) groups excluding carboxylic acids is 3. The van der Waals surface area contributed by atoms with E-state index in [1.165, 1.54) is 0 Å². The largest absolute Gasteiger partial charge is 0.354 e. The Morgan fingerprint density at radius 2 is 0.957 bits per heavy atom. The van der Waals surface area contributed by atoms with Crippen molar-refractivity contribution < 1.29 is 14.4 Å². The zero-order chi connectivity index (χ0) is 32.7. The van der Waals surface area contributed by atoms with Gasteiger partial charge in [0.2, 0.25) is 17.7 Å². The summed E-state index contributed by atoms with van der Waals surface area (Å²) in [6, 6.07) is 48.2. The van der Waals surface area contributed by atoms with E-state index >= 15 is 0 Å². The average Bonchev–Trinajstić information content (AvgIpc) is 3.12. The Morgan fingerprint density at radius 1 is 0.532 bits per heavy atom. The minimum Gasteiger partial charge on any atom is -0.354 e. The number of nitrogens with one attached hydrogen (secondary N) is 3. The number of carbonyl (C=O) groups is 3. The van der Waals surface area contributed by atoms with Gasteiger partial charge >= 0.3 is 0 Å². The van der Waals surface area contributed by atoms with Crippen molar-refractivity contribution in [3.8, 4) is 0 Å². The third kappa shape index (κ3) is 9.04. The first-order chi connectivity index (χ1) is 23.0. The van der Waals surface area contributed by atoms with Crippen LogP contribution in [0.4, 0.5) is 0 Å². The molecule has 3 N–H and O–H groups in total. The molecule has 1 unspecified atom stereocenters. The first kappa shape index (κ1) is 32.9. The van der Waals surface area contributed by atoms with Crippen molar-refractivity contribution in [2.45, 2.75) is 43.7 Å². The predicted molar refractivity (Wildman–Crippen MR) is 186 cm³/mol. The smallest absolute Gasteiger partial charge is 0.243 e. The van der Waals surface area contributed by atoms with Gasteiger partial charge in [-0.3, -0.25) is 14.4 Å². The Morgan fingerprint density at radius 3 is 1.43 bits per heavy atom. The quantitative estimate of drug-likeness (QED) is 0.119. The number of rotatable bonds is 15. The molecule has 1 atom stereocenters. The molecule has 0 aliphatic carbocycles. The van der Waals surface area contributed by atoms with Crippen molar-refractivity contribution >= 4 is 17.7 Å². The maximum absolute atomic E-state index is 14.1. The van der Waals surface area contributed by atoms with Gasteiger partial charge in [0, 0.05) is 13.0 Å². The second-order valence-electron chi connectivity index (χ2n) is 11.6. The lowest BCUT2D eigenvalue weighted by atomic mass is 9.77. The van der Waals surface area contributed by atoms with Gasteiger partial charge in [-0.1, -0.05) is 152 Å². The molecule has 0 aliphatic rings. The molecule has 3 amide bonds. The van der Waals surface area contributed by atoms with Gasteiger partial charge < -0.3 is 16.0 Å². The van der Waals surface area contributed by atoms with Gasteiger partial charge in [0.1, 0.15) is 11.6 Å². The highest BCUT2D eigenvalue weighted by Gasteiger charge is 2.38. The molecule has 0 bridgehead atoms. The zero-order valence-electron chi connectivity index (χ0n) is 26.5. The van der Waals surface area contributed by atoms with Crippen molar-refractivity contribution in [3.63, 3.8) is 0 Å². The summed E-state index contributed by atoms with van der Waals surface area (Å²) in [5.74, 6) is -1.02. The van der Waals surface area contributed by atoms with Gasteiger partial charge in [-0.2, -0.15) is 0 Å². The second kappa shape index (κ2) is 16.7. The van der Waals surface area contributed by atoms with Crippen LogP contribution in [0.5, 0.6) is 0 Å². The fourth-order valence-corrected chi connectivity index (χ4v) is 5.90. The van der Waals surface area contributed by atoms with Crippen LogP contribution in [0.3, 0.4) is 0 Å². The maximum atomic E-state index is 14.1. The van der Waals surface area contributed by atoms with Crippen LogP contribution in [0.25, 0.3) is 0 Å². The summed E-state index contributed by atoms with van der Waals surface area (Å²) in [5.41, 5.74) is 3.83. The number of hydrogen-bond donors (Lipinski definition) is 3. The fraction of sp³-hybridized carbons (Fsp3) is 0.195. The fourth-order valence-electron chi connectivity index (χ4n) is 5.90. The van der Waals surface area contributed by atoms with Gasteiger partial charge in [0.25, 0.3) is 0 Å². The molecule has 0 aromatic heterocycles. The lowest BCUT2D eigenvalue weighted by Crippen LogP contribution is -2.53. The SMILES string of the molecule is O=C(CCCc1ccccc1)NC(CC(=O)NC(c1ccccc1)(c1ccccc1)c1ccccc1)C(=O)NCCc1ccccc1. The molecule has 0 saturated carbocycles. The minimum absolute atomic E-state index is 0.226. The summed E-state index contributed by atoms with van der Waals surface area (Å²) >= 11 is 0. The molecule has 6 heteroatoms. The number of aryl methyl sites for hydroxylation is 1. The third-order valence-corrected chi connectivity index (χ3v) is 8.26. The highest BCUT2D eigenvalue weighted by Crippen LogP contribution is 2.36. The molecule has 0 radical (unpaired) electrons. The van der Waals surface area contributed by atoms with E-state index in [0.717, 1.165) is 34.2 Å². The average molecular weight is 624 g/mol. The summed E-state index contributed by atoms with van der Waals surface area (Å²) in [4.78, 5) is 40.8. The first-order valence-electron chi connectivity index (χ1n) is 16.2. The molecular formula is C41H41N3O3. The zero-order valence-corrected chi connectivity index (χ0v) is 26.5. The van der Waals surface area contributed by atoms with Crippen LogP contribution >= 0.6 is 0 Å². The van der Waals surface area contributed by atoms with Crippen LogP contribution in [0, 0.1) is 0 Å². The third-order valence-electron chi connectivity index (χ3n) is 8.26. The lowest BCUT2D eigenvalue weighted by Gasteiger charge is -2.37. The van der Waals surface area contributed by atoms with Gasteiger partial charge in [0.05, 0.1) is 6.42 Å². The molecule has 5 rings (SSSR count). The van der Waals surface area contributed by atoms with Crippen molar-refractivity contribution in [3.05, 3.63) is 179 Å². The van der Waals surface area contributed by atoms with Gasteiger partial charge in [0.15, 0.2) is 0 Å². The van der Waals surface area contributed by atoms with Gasteiger partial charge in [-0.15, -0.1) is 0 Å². The van der Waals surface area contributed by atoms with E-state index in [4.69, 9.17) is 0 Å². The van der Waals surface area contributed by atoms with Gasteiger partial charge in [-0.05, 0) is 47.1 Å². The highest BCUT2D eigenvalue weighted by atomic mass is 16.2. The van der Waals surface area contributed by atoms with E-state index in [1.807, 2.05) is 152 Å². The molecular weight excluding hydrogens is 582 g/mol. The van der Waals surface area contributed by atoms with Crippen LogP contribution < -0.4 is 16.0 Å². The summed E-state index contributed by atoms with van der Waals surface area (Å²) in [7, 11) is 0. The van der Waals surface area contributed by atoms with Crippen LogP contribution in [0.1, 0.15) is 47.1 Å². The van der Waals surface area contributed by atoms with Crippen molar-refractivity contribution in [1.29, 1.82) is 0 Å². The monoisotopic (exact) mass is 623 g/mol. The lowest BCUT2D eigenvalue weighted by molar-refractivity contribution is -0.132. The minimum atomic E-state index is -1.05. The number of benzene rings is 5. The van der Waals surface area contributed by atoms with Crippen LogP contribution in [0.15, 0.2) is 152 Å². The first-order valence-corrected chi connectivity index (χ1v) is 16.2. The molecule has 0 saturated heterocycles. The molecule has 0 fully saturated rings. The van der Waals surface area contributed by atoms with E-state index < -0.39 is 17.5 Å². The topological polar surface area (TPSA) is 87.3 Å². The number of amides is 3. The summed E-state index contributed by atoms with van der Waals surface area (Å²) in [6.07, 6.45) is 2.03. The van der Waals surface area contributed by atoms with E-state index in [0.29, 0.717) is 19.4 Å². The Hall–Kier alpha value is -5.49. The Kier molecular flexibility index (Phi) is 11.7. The van der Waals surface area contributed by atoms with Crippen molar-refractivity contribution in [2.24, 2.45) is 0 Å². The normalized spacial score (nSPS) is 11.7. The Labute approximate surface area is 277 Å². The maximum Gasteiger partial charge on any atom is 0.243 e. The number of hydrogen-bond acceptors (Lipinski definition) is 3. The van der Waals surface area contributed by atoms with Crippen molar-refractivity contribution in [1.82, 2.24) is 16.0 Å². The standard InChI is InChI=1S/C41H41N3O3/c45-38(28-16-21-32-17-6-1-7-18-32)43-37(40(47)42-30-29-33-19-8-2-9-20-33)31-39(46)44-41(34-22-10-3-11-23-34,35-24-12-4-13-25-35)36-26-14-5-15-27-36/h1-15,17-20,22-27,37H,16,21,28-31H2,(H,42,47)(H,43,45)(H,44,46).